The Morgan fingerprint density at radius 2 is 1.84 bits per heavy atom. The van der Waals surface area contributed by atoms with E-state index in [-0.39, 0.29) is 0 Å². The van der Waals surface area contributed by atoms with Gasteiger partial charge in [-0.25, -0.2) is 0 Å². The number of carbonyl (C=O) groups excluding carboxylic acids is 1. The van der Waals surface area contributed by atoms with Gasteiger partial charge in [0, 0.05) is 0 Å². The smallest absolute Gasteiger partial charge is 0.156 e. The zero-order valence-electron chi connectivity index (χ0n) is 10.9. The lowest BCUT2D eigenvalue weighted by molar-refractivity contribution is 0.112. The van der Waals surface area contributed by atoms with Crippen LogP contribution in [0.2, 0.25) is 5.02 Å². The van der Waals surface area contributed by atoms with Gasteiger partial charge in [0.15, 0.2) is 12.0 Å². The highest BCUT2D eigenvalue weighted by Crippen LogP contribution is 2.35. The minimum absolute atomic E-state index is 0.332. The third-order valence-electron chi connectivity index (χ3n) is 2.88. The topological polar surface area (TPSA) is 26.3 Å². The molecular formula is C16H15ClO2. The summed E-state index contributed by atoms with van der Waals surface area (Å²) in [6, 6.07) is 12.9. The summed E-state index contributed by atoms with van der Waals surface area (Å²) in [5.41, 5.74) is 1.53. The quantitative estimate of drug-likeness (QED) is 0.728. The van der Waals surface area contributed by atoms with E-state index in [0.717, 1.165) is 17.6 Å². The van der Waals surface area contributed by atoms with Gasteiger partial charge in [-0.05, 0) is 29.7 Å². The molecule has 0 aromatic heterocycles. The number of ether oxygens (including phenoxy) is 1. The average Bonchev–Trinajstić information content (AvgIpc) is 2.41. The Bertz CT molecular complexity index is 591. The van der Waals surface area contributed by atoms with Crippen LogP contribution in [0.5, 0.6) is 11.5 Å². The lowest BCUT2D eigenvalue weighted by atomic mass is 10.0. The van der Waals surface area contributed by atoms with Gasteiger partial charge in [0.2, 0.25) is 0 Å². The van der Waals surface area contributed by atoms with E-state index in [2.05, 4.69) is 13.8 Å². The van der Waals surface area contributed by atoms with Gasteiger partial charge < -0.3 is 4.74 Å². The van der Waals surface area contributed by atoms with Crippen LogP contribution in [-0.4, -0.2) is 6.29 Å². The fourth-order valence-electron chi connectivity index (χ4n) is 1.89. The van der Waals surface area contributed by atoms with Gasteiger partial charge >= 0.3 is 0 Å². The molecule has 0 heterocycles. The first kappa shape index (κ1) is 13.6. The molecule has 0 saturated heterocycles. The Morgan fingerprint density at radius 3 is 2.53 bits per heavy atom. The van der Waals surface area contributed by atoms with Crippen LogP contribution in [-0.2, 0) is 0 Å². The average molecular weight is 275 g/mol. The Morgan fingerprint density at radius 1 is 1.11 bits per heavy atom. The van der Waals surface area contributed by atoms with Crippen LogP contribution in [0.15, 0.2) is 42.5 Å². The van der Waals surface area contributed by atoms with Gasteiger partial charge in [-0.3, -0.25) is 4.79 Å². The predicted octanol–water partition coefficient (Wildman–Crippen LogP) is 5.07. The van der Waals surface area contributed by atoms with Crippen molar-refractivity contribution in [1.82, 2.24) is 0 Å². The summed E-state index contributed by atoms with van der Waals surface area (Å²) in [4.78, 5) is 11.0. The molecule has 0 atom stereocenters. The minimum atomic E-state index is 0.332. The largest absolute Gasteiger partial charge is 0.455 e. The minimum Gasteiger partial charge on any atom is -0.455 e. The van der Waals surface area contributed by atoms with E-state index in [0.29, 0.717) is 22.3 Å². The second kappa shape index (κ2) is 5.89. The second-order valence-electron chi connectivity index (χ2n) is 4.57. The lowest BCUT2D eigenvalue weighted by Crippen LogP contribution is -1.96. The molecule has 2 aromatic rings. The van der Waals surface area contributed by atoms with E-state index in [1.165, 1.54) is 0 Å². The number of carbonyl (C=O) groups is 1. The maximum Gasteiger partial charge on any atom is 0.156 e. The fraction of sp³-hybridized carbons (Fsp3) is 0.188. The third-order valence-corrected chi connectivity index (χ3v) is 3.18. The first-order valence-corrected chi connectivity index (χ1v) is 6.51. The van der Waals surface area contributed by atoms with E-state index in [9.17, 15) is 4.79 Å². The molecule has 2 nitrogen and oxygen atoms in total. The van der Waals surface area contributed by atoms with Gasteiger partial charge in [0.05, 0.1) is 10.6 Å². The second-order valence-corrected chi connectivity index (χ2v) is 4.98. The van der Waals surface area contributed by atoms with Crippen LogP contribution in [0.1, 0.15) is 35.7 Å². The lowest BCUT2D eigenvalue weighted by Gasteiger charge is -2.15. The van der Waals surface area contributed by atoms with E-state index in [4.69, 9.17) is 16.3 Å². The van der Waals surface area contributed by atoms with Crippen molar-refractivity contribution in [2.75, 3.05) is 0 Å². The zero-order chi connectivity index (χ0) is 13.8. The van der Waals surface area contributed by atoms with Crippen LogP contribution in [0.3, 0.4) is 0 Å². The molecule has 2 rings (SSSR count). The van der Waals surface area contributed by atoms with Crippen molar-refractivity contribution in [2.45, 2.75) is 19.8 Å². The van der Waals surface area contributed by atoms with Crippen LogP contribution >= 0.6 is 11.6 Å². The van der Waals surface area contributed by atoms with Gasteiger partial charge in [0.1, 0.15) is 5.75 Å². The number of aldehydes is 1. The normalized spacial score (nSPS) is 10.5. The fourth-order valence-corrected chi connectivity index (χ4v) is 2.11. The molecule has 19 heavy (non-hydrogen) atoms. The van der Waals surface area contributed by atoms with Crippen molar-refractivity contribution in [3.05, 3.63) is 58.6 Å². The van der Waals surface area contributed by atoms with Gasteiger partial charge in [-0.2, -0.15) is 0 Å². The van der Waals surface area contributed by atoms with Crippen molar-refractivity contribution in [2.24, 2.45) is 0 Å². The number of benzene rings is 2. The highest BCUT2D eigenvalue weighted by atomic mass is 35.5. The van der Waals surface area contributed by atoms with Crippen LogP contribution in [0.4, 0.5) is 0 Å². The molecule has 0 bridgehead atoms. The molecule has 0 amide bonds. The number of hydrogen-bond donors (Lipinski definition) is 0. The Kier molecular flexibility index (Phi) is 4.23. The van der Waals surface area contributed by atoms with Crippen LogP contribution < -0.4 is 4.74 Å². The number of hydrogen-bond acceptors (Lipinski definition) is 2. The molecule has 0 N–H and O–H groups in total. The molecule has 0 aliphatic rings. The van der Waals surface area contributed by atoms with Crippen molar-refractivity contribution >= 4 is 17.9 Å². The number of rotatable bonds is 4. The highest BCUT2D eigenvalue weighted by molar-refractivity contribution is 6.32. The molecule has 0 unspecified atom stereocenters. The van der Waals surface area contributed by atoms with E-state index in [1.807, 2.05) is 24.3 Å². The number of para-hydroxylation sites is 2. The molecule has 0 radical (unpaired) electrons. The van der Waals surface area contributed by atoms with Crippen LogP contribution in [0.25, 0.3) is 0 Å². The first-order valence-electron chi connectivity index (χ1n) is 6.14. The highest BCUT2D eigenvalue weighted by Gasteiger charge is 2.12. The molecule has 0 spiro atoms. The van der Waals surface area contributed by atoms with E-state index >= 15 is 0 Å². The maximum absolute atomic E-state index is 11.0. The summed E-state index contributed by atoms with van der Waals surface area (Å²) in [7, 11) is 0. The van der Waals surface area contributed by atoms with Gasteiger partial charge in [-0.1, -0.05) is 49.7 Å². The SMILES string of the molecule is CC(C)c1ccccc1Oc1c(Cl)cccc1C=O. The van der Waals surface area contributed by atoms with Gasteiger partial charge in [0.25, 0.3) is 0 Å². The van der Waals surface area contributed by atoms with Crippen molar-refractivity contribution in [1.29, 1.82) is 0 Å². The van der Waals surface area contributed by atoms with Crippen molar-refractivity contribution in [3.8, 4) is 11.5 Å². The third kappa shape index (κ3) is 2.96. The maximum atomic E-state index is 11.0. The summed E-state index contributed by atoms with van der Waals surface area (Å²) in [5, 5.41) is 0.433. The molecule has 3 heteroatoms. The summed E-state index contributed by atoms with van der Waals surface area (Å²) >= 11 is 6.11. The number of halogens is 1. The molecule has 0 aliphatic heterocycles. The van der Waals surface area contributed by atoms with Crippen LogP contribution in [0, 0.1) is 0 Å². The van der Waals surface area contributed by atoms with E-state index in [1.54, 1.807) is 18.2 Å². The summed E-state index contributed by atoms with van der Waals surface area (Å²) < 4.78 is 5.86. The summed E-state index contributed by atoms with van der Waals surface area (Å²) in [6.45, 7) is 4.19. The van der Waals surface area contributed by atoms with Crippen molar-refractivity contribution < 1.29 is 9.53 Å². The standard InChI is InChI=1S/C16H15ClO2/c1-11(2)13-7-3-4-9-15(13)19-16-12(10-18)6-5-8-14(16)17/h3-11H,1-2H3. The van der Waals surface area contributed by atoms with Crippen molar-refractivity contribution in [3.63, 3.8) is 0 Å². The molecule has 0 aliphatic carbocycles. The van der Waals surface area contributed by atoms with E-state index < -0.39 is 0 Å². The molecule has 2 aromatic carbocycles. The Hall–Kier alpha value is -1.80. The van der Waals surface area contributed by atoms with Gasteiger partial charge in [-0.15, -0.1) is 0 Å². The Balaban J connectivity index is 2.45. The molecular weight excluding hydrogens is 260 g/mol. The monoisotopic (exact) mass is 274 g/mol. The predicted molar refractivity (Wildman–Crippen MR) is 77.4 cm³/mol. The molecule has 0 saturated carbocycles. The Labute approximate surface area is 118 Å². The molecule has 0 fully saturated rings. The summed E-state index contributed by atoms with van der Waals surface area (Å²) in [6.07, 6.45) is 0.749. The molecule has 98 valence electrons. The zero-order valence-corrected chi connectivity index (χ0v) is 11.6. The summed E-state index contributed by atoms with van der Waals surface area (Å²) in [5.74, 6) is 1.47. The first-order chi connectivity index (χ1) is 9.13.